The molecule has 2 heteroatoms. The van der Waals surface area contributed by atoms with Crippen LogP contribution in [-0.2, 0) is 4.79 Å². The number of hydrogen-bond acceptors (Lipinski definition) is 2. The molecule has 0 atom stereocenters. The highest BCUT2D eigenvalue weighted by molar-refractivity contribution is 5.75. The van der Waals surface area contributed by atoms with E-state index in [0.29, 0.717) is 5.78 Å². The lowest BCUT2D eigenvalue weighted by atomic mass is 9.84. The number of nitrogens with zero attached hydrogens (tertiary/aromatic N) is 1. The molecule has 17 heavy (non-hydrogen) atoms. The highest BCUT2D eigenvalue weighted by Crippen LogP contribution is 2.28. The Morgan fingerprint density at radius 3 is 2.35 bits per heavy atom. The van der Waals surface area contributed by atoms with Crippen molar-refractivity contribution in [3.8, 4) is 0 Å². The number of Topliss-reactive ketones (excluding diaryl/α,β-unsaturated/α-hetero) is 1. The van der Waals surface area contributed by atoms with Crippen LogP contribution in [0, 0.1) is 5.92 Å². The van der Waals surface area contributed by atoms with Crippen molar-refractivity contribution in [3.05, 3.63) is 0 Å². The molecule has 0 saturated heterocycles. The third kappa shape index (κ3) is 5.67. The lowest BCUT2D eigenvalue weighted by molar-refractivity contribution is -0.117. The lowest BCUT2D eigenvalue weighted by Gasteiger charge is -2.34. The third-order valence-corrected chi connectivity index (χ3v) is 4.31. The van der Waals surface area contributed by atoms with Gasteiger partial charge in [0, 0.05) is 12.5 Å². The molecule has 1 aliphatic rings. The van der Waals surface area contributed by atoms with Crippen LogP contribution >= 0.6 is 0 Å². The van der Waals surface area contributed by atoms with Crippen LogP contribution in [0.4, 0.5) is 0 Å². The van der Waals surface area contributed by atoms with Crippen LogP contribution in [0.15, 0.2) is 0 Å². The van der Waals surface area contributed by atoms with E-state index in [2.05, 4.69) is 18.9 Å². The average molecular weight is 239 g/mol. The van der Waals surface area contributed by atoms with Crippen molar-refractivity contribution in [2.45, 2.75) is 71.3 Å². The second kappa shape index (κ2) is 7.86. The highest BCUT2D eigenvalue weighted by atomic mass is 16.1. The first-order chi connectivity index (χ1) is 8.13. The lowest BCUT2D eigenvalue weighted by Crippen LogP contribution is -2.35. The number of carbonyl (C=O) groups excluding carboxylic acids is 1. The third-order valence-electron chi connectivity index (χ3n) is 4.31. The summed E-state index contributed by atoms with van der Waals surface area (Å²) in [6.45, 7) is 5.17. The summed E-state index contributed by atoms with van der Waals surface area (Å²) in [7, 11) is 2.25. The first-order valence-corrected chi connectivity index (χ1v) is 7.33. The van der Waals surface area contributed by atoms with Crippen molar-refractivity contribution in [1.29, 1.82) is 0 Å². The number of ketones is 1. The van der Waals surface area contributed by atoms with Gasteiger partial charge in [-0.05, 0) is 65.0 Å². The number of hydrogen-bond donors (Lipinski definition) is 0. The van der Waals surface area contributed by atoms with Crippen LogP contribution in [0.3, 0.4) is 0 Å². The van der Waals surface area contributed by atoms with Crippen LogP contribution in [0.5, 0.6) is 0 Å². The van der Waals surface area contributed by atoms with Crippen molar-refractivity contribution in [1.82, 2.24) is 4.90 Å². The zero-order valence-corrected chi connectivity index (χ0v) is 11.9. The van der Waals surface area contributed by atoms with E-state index in [1.54, 1.807) is 6.92 Å². The molecule has 0 aromatic rings. The summed E-state index contributed by atoms with van der Waals surface area (Å²) in [5.41, 5.74) is 0. The van der Waals surface area contributed by atoms with Crippen molar-refractivity contribution >= 4 is 5.78 Å². The number of rotatable bonds is 7. The molecular weight excluding hydrogens is 210 g/mol. The van der Waals surface area contributed by atoms with Crippen molar-refractivity contribution in [2.24, 2.45) is 5.92 Å². The second-order valence-electron chi connectivity index (χ2n) is 5.72. The van der Waals surface area contributed by atoms with Crippen molar-refractivity contribution < 1.29 is 4.79 Å². The van der Waals surface area contributed by atoms with E-state index in [9.17, 15) is 4.79 Å². The molecule has 0 amide bonds. The Bertz CT molecular complexity index is 219. The van der Waals surface area contributed by atoms with Crippen molar-refractivity contribution in [3.63, 3.8) is 0 Å². The van der Waals surface area contributed by atoms with Gasteiger partial charge in [0.1, 0.15) is 5.78 Å². The van der Waals surface area contributed by atoms with Gasteiger partial charge >= 0.3 is 0 Å². The van der Waals surface area contributed by atoms with Crippen LogP contribution in [0.25, 0.3) is 0 Å². The molecule has 0 spiro atoms. The fourth-order valence-electron chi connectivity index (χ4n) is 2.91. The molecular formula is C15H29NO. The van der Waals surface area contributed by atoms with Crippen LogP contribution in [0.2, 0.25) is 0 Å². The molecule has 1 aliphatic carbocycles. The summed E-state index contributed by atoms with van der Waals surface area (Å²) < 4.78 is 0. The molecule has 0 heterocycles. The van der Waals surface area contributed by atoms with E-state index in [1.807, 2.05) is 0 Å². The predicted molar refractivity (Wildman–Crippen MR) is 73.2 cm³/mol. The van der Waals surface area contributed by atoms with Gasteiger partial charge < -0.3 is 9.69 Å². The Labute approximate surface area is 107 Å². The maximum absolute atomic E-state index is 10.8. The first kappa shape index (κ1) is 14.7. The van der Waals surface area contributed by atoms with E-state index in [4.69, 9.17) is 0 Å². The van der Waals surface area contributed by atoms with E-state index in [0.717, 1.165) is 31.3 Å². The molecule has 0 aromatic heterocycles. The zero-order valence-electron chi connectivity index (χ0n) is 11.9. The second-order valence-corrected chi connectivity index (χ2v) is 5.72. The maximum Gasteiger partial charge on any atom is 0.129 e. The molecule has 2 nitrogen and oxygen atoms in total. The van der Waals surface area contributed by atoms with E-state index < -0.39 is 0 Å². The quantitative estimate of drug-likeness (QED) is 0.632. The Kier molecular flexibility index (Phi) is 6.79. The number of unbranched alkanes of at least 4 members (excludes halogenated alkanes) is 1. The van der Waals surface area contributed by atoms with Crippen molar-refractivity contribution in [2.75, 3.05) is 13.6 Å². The minimum absolute atomic E-state index is 0.330. The van der Waals surface area contributed by atoms with Gasteiger partial charge in [-0.3, -0.25) is 0 Å². The van der Waals surface area contributed by atoms with E-state index in [-0.39, 0.29) is 0 Å². The van der Waals surface area contributed by atoms with Gasteiger partial charge in [0.2, 0.25) is 0 Å². The van der Waals surface area contributed by atoms with E-state index >= 15 is 0 Å². The van der Waals surface area contributed by atoms with E-state index in [1.165, 1.54) is 38.5 Å². The topological polar surface area (TPSA) is 20.3 Å². The fourth-order valence-corrected chi connectivity index (χ4v) is 2.91. The Morgan fingerprint density at radius 2 is 1.82 bits per heavy atom. The van der Waals surface area contributed by atoms with Gasteiger partial charge in [-0.25, -0.2) is 0 Å². The number of carbonyl (C=O) groups is 1. The molecule has 0 unspecified atom stereocenters. The van der Waals surface area contributed by atoms with Gasteiger partial charge in [0.15, 0.2) is 0 Å². The zero-order chi connectivity index (χ0) is 12.7. The van der Waals surface area contributed by atoms with Gasteiger partial charge in [-0.1, -0.05) is 13.3 Å². The normalized spacial score (nSPS) is 25.2. The van der Waals surface area contributed by atoms with Gasteiger partial charge in [0.25, 0.3) is 0 Å². The Balaban J connectivity index is 2.11. The molecule has 100 valence electrons. The summed E-state index contributed by atoms with van der Waals surface area (Å²) in [4.78, 5) is 13.4. The average Bonchev–Trinajstić information content (AvgIpc) is 2.34. The first-order valence-electron chi connectivity index (χ1n) is 7.33. The molecule has 0 bridgehead atoms. The molecule has 1 fully saturated rings. The Hall–Kier alpha value is -0.370. The van der Waals surface area contributed by atoms with Gasteiger partial charge in [-0.2, -0.15) is 0 Å². The summed E-state index contributed by atoms with van der Waals surface area (Å²) in [6, 6.07) is 0.801. The molecule has 0 aromatic carbocycles. The SMILES string of the molecule is CCC1CCC(N(C)CCCCC(C)=O)CC1. The van der Waals surface area contributed by atoms with Gasteiger partial charge in [0.05, 0.1) is 0 Å². The summed E-state index contributed by atoms with van der Waals surface area (Å²) in [6.07, 6.45) is 9.93. The highest BCUT2D eigenvalue weighted by Gasteiger charge is 2.22. The monoisotopic (exact) mass is 239 g/mol. The van der Waals surface area contributed by atoms with Crippen LogP contribution in [-0.4, -0.2) is 30.3 Å². The fraction of sp³-hybridized carbons (Fsp3) is 0.933. The molecule has 0 N–H and O–H groups in total. The Morgan fingerprint density at radius 1 is 1.18 bits per heavy atom. The molecule has 0 aliphatic heterocycles. The maximum atomic E-state index is 10.8. The molecule has 1 rings (SSSR count). The largest absolute Gasteiger partial charge is 0.303 e. The van der Waals surface area contributed by atoms with Gasteiger partial charge in [-0.15, -0.1) is 0 Å². The summed E-state index contributed by atoms with van der Waals surface area (Å²) in [5.74, 6) is 1.31. The standard InChI is InChI=1S/C15H29NO/c1-4-14-8-10-15(11-9-14)16(3)12-6-5-7-13(2)17/h14-15H,4-12H2,1-3H3. The smallest absolute Gasteiger partial charge is 0.129 e. The van der Waals surface area contributed by atoms with Crippen LogP contribution in [0.1, 0.15) is 65.2 Å². The molecule has 1 saturated carbocycles. The summed E-state index contributed by atoms with van der Waals surface area (Å²) in [5, 5.41) is 0. The summed E-state index contributed by atoms with van der Waals surface area (Å²) >= 11 is 0. The minimum atomic E-state index is 0.330. The predicted octanol–water partition coefficient (Wildman–Crippen LogP) is 3.65. The minimum Gasteiger partial charge on any atom is -0.303 e. The molecule has 0 radical (unpaired) electrons. The van der Waals surface area contributed by atoms with Crippen LogP contribution < -0.4 is 0 Å².